The zero-order chi connectivity index (χ0) is 15.0. The van der Waals surface area contributed by atoms with Crippen LogP contribution in [-0.4, -0.2) is 5.78 Å². The number of carbonyl (C=O) groups excluding carboxylic acids is 1. The fourth-order valence-electron chi connectivity index (χ4n) is 2.54. The first kappa shape index (κ1) is 14.4. The van der Waals surface area contributed by atoms with Crippen LogP contribution in [0.4, 0.5) is 0 Å². The molecule has 0 radical (unpaired) electrons. The van der Waals surface area contributed by atoms with Crippen LogP contribution < -0.4 is 5.73 Å². The third kappa shape index (κ3) is 2.40. The molecule has 1 aromatic carbocycles. The smallest absolute Gasteiger partial charge is 0.214 e. The molecule has 3 rings (SSSR count). The SMILES string of the molecule is CCc1c(Br)cccc1C1=C(N)OC(c2cccs2)C1=O. The van der Waals surface area contributed by atoms with E-state index in [9.17, 15) is 4.79 Å². The maximum atomic E-state index is 12.7. The Kier molecular flexibility index (Phi) is 3.87. The van der Waals surface area contributed by atoms with Gasteiger partial charge in [0.25, 0.3) is 0 Å². The molecule has 0 amide bonds. The summed E-state index contributed by atoms with van der Waals surface area (Å²) in [5.41, 5.74) is 8.41. The van der Waals surface area contributed by atoms with Gasteiger partial charge in [-0.2, -0.15) is 0 Å². The Bertz CT molecular complexity index is 722. The number of hydrogen-bond donors (Lipinski definition) is 1. The lowest BCUT2D eigenvalue weighted by Crippen LogP contribution is -2.09. The topological polar surface area (TPSA) is 52.3 Å². The summed E-state index contributed by atoms with van der Waals surface area (Å²) in [6.07, 6.45) is 0.202. The van der Waals surface area contributed by atoms with Crippen LogP contribution >= 0.6 is 27.3 Å². The van der Waals surface area contributed by atoms with Gasteiger partial charge in [0.05, 0.1) is 10.5 Å². The van der Waals surface area contributed by atoms with Crippen LogP contribution in [0.25, 0.3) is 5.57 Å². The Hall–Kier alpha value is -1.59. The van der Waals surface area contributed by atoms with E-state index in [1.165, 1.54) is 11.3 Å². The highest BCUT2D eigenvalue weighted by molar-refractivity contribution is 9.10. The Morgan fingerprint density at radius 2 is 2.14 bits per heavy atom. The number of benzene rings is 1. The second kappa shape index (κ2) is 5.66. The van der Waals surface area contributed by atoms with Crippen molar-refractivity contribution in [3.8, 4) is 0 Å². The summed E-state index contributed by atoms with van der Waals surface area (Å²) in [6, 6.07) is 9.59. The highest BCUT2D eigenvalue weighted by atomic mass is 79.9. The van der Waals surface area contributed by atoms with E-state index >= 15 is 0 Å². The molecule has 1 aromatic heterocycles. The zero-order valence-electron chi connectivity index (χ0n) is 11.4. The van der Waals surface area contributed by atoms with Crippen LogP contribution in [0, 0.1) is 0 Å². The molecule has 0 saturated heterocycles. The number of ketones is 1. The standard InChI is InChI=1S/C16H14BrNO2S/c1-2-9-10(5-3-6-11(9)17)13-14(19)15(20-16(13)18)12-7-4-8-21-12/h3-8,15H,2,18H2,1H3. The van der Waals surface area contributed by atoms with Gasteiger partial charge in [0.15, 0.2) is 12.0 Å². The predicted molar refractivity (Wildman–Crippen MR) is 87.8 cm³/mol. The van der Waals surface area contributed by atoms with Crippen molar-refractivity contribution in [2.45, 2.75) is 19.4 Å². The molecule has 1 aliphatic rings. The van der Waals surface area contributed by atoms with E-state index in [4.69, 9.17) is 10.5 Å². The first-order chi connectivity index (χ1) is 10.1. The van der Waals surface area contributed by atoms with Crippen LogP contribution in [0.2, 0.25) is 0 Å². The third-order valence-electron chi connectivity index (χ3n) is 3.52. The van der Waals surface area contributed by atoms with Crippen molar-refractivity contribution >= 4 is 38.6 Å². The number of hydrogen-bond acceptors (Lipinski definition) is 4. The number of rotatable bonds is 3. The van der Waals surface area contributed by atoms with Crippen molar-refractivity contribution in [2.75, 3.05) is 0 Å². The Balaban J connectivity index is 2.05. The number of halogens is 1. The molecular formula is C16H14BrNO2S. The van der Waals surface area contributed by atoms with Crippen molar-refractivity contribution in [3.05, 3.63) is 62.1 Å². The van der Waals surface area contributed by atoms with E-state index in [1.54, 1.807) is 0 Å². The van der Waals surface area contributed by atoms with E-state index in [0.29, 0.717) is 5.57 Å². The van der Waals surface area contributed by atoms with Crippen LogP contribution in [0.1, 0.15) is 29.0 Å². The predicted octanol–water partition coefficient (Wildman–Crippen LogP) is 4.04. The summed E-state index contributed by atoms with van der Waals surface area (Å²) in [5.74, 6) is 0.147. The van der Waals surface area contributed by atoms with Crippen LogP contribution in [0.5, 0.6) is 0 Å². The molecule has 0 spiro atoms. The van der Waals surface area contributed by atoms with Crippen molar-refractivity contribution in [2.24, 2.45) is 5.73 Å². The van der Waals surface area contributed by atoms with Gasteiger partial charge in [-0.1, -0.05) is 41.1 Å². The monoisotopic (exact) mass is 363 g/mol. The number of carbonyl (C=O) groups is 1. The molecule has 0 fully saturated rings. The van der Waals surface area contributed by atoms with Crippen molar-refractivity contribution in [3.63, 3.8) is 0 Å². The molecule has 108 valence electrons. The number of Topliss-reactive ketones (excluding diaryl/α,β-unsaturated/α-hetero) is 1. The minimum absolute atomic E-state index is 0.0669. The first-order valence-corrected chi connectivity index (χ1v) is 8.32. The average Bonchev–Trinajstić information content (AvgIpc) is 3.07. The lowest BCUT2D eigenvalue weighted by atomic mass is 9.94. The van der Waals surface area contributed by atoms with E-state index in [0.717, 1.165) is 26.9 Å². The minimum Gasteiger partial charge on any atom is -0.461 e. The lowest BCUT2D eigenvalue weighted by molar-refractivity contribution is -0.120. The van der Waals surface area contributed by atoms with E-state index in [1.807, 2.05) is 35.7 Å². The largest absolute Gasteiger partial charge is 0.461 e. The first-order valence-electron chi connectivity index (χ1n) is 6.65. The molecule has 0 bridgehead atoms. The number of nitrogens with two attached hydrogens (primary N) is 1. The van der Waals surface area contributed by atoms with Crippen molar-refractivity contribution < 1.29 is 9.53 Å². The molecule has 2 N–H and O–H groups in total. The summed E-state index contributed by atoms with van der Waals surface area (Å²) in [6.45, 7) is 2.05. The van der Waals surface area contributed by atoms with E-state index in [-0.39, 0.29) is 11.7 Å². The van der Waals surface area contributed by atoms with Gasteiger partial charge in [0, 0.05) is 4.47 Å². The fourth-order valence-corrected chi connectivity index (χ4v) is 3.93. The number of ether oxygens (including phenoxy) is 1. The van der Waals surface area contributed by atoms with Gasteiger partial charge in [-0.15, -0.1) is 11.3 Å². The summed E-state index contributed by atoms with van der Waals surface area (Å²) in [5, 5.41) is 1.93. The normalized spacial score (nSPS) is 18.2. The summed E-state index contributed by atoms with van der Waals surface area (Å²) in [7, 11) is 0. The lowest BCUT2D eigenvalue weighted by Gasteiger charge is -2.10. The third-order valence-corrected chi connectivity index (χ3v) is 5.18. The number of thiophene rings is 1. The maximum absolute atomic E-state index is 12.7. The molecule has 1 atom stereocenters. The summed E-state index contributed by atoms with van der Waals surface area (Å²) >= 11 is 5.03. The van der Waals surface area contributed by atoms with Gasteiger partial charge < -0.3 is 10.5 Å². The second-order valence-corrected chi connectivity index (χ2v) is 6.57. The zero-order valence-corrected chi connectivity index (χ0v) is 13.8. The van der Waals surface area contributed by atoms with Gasteiger partial charge in [-0.05, 0) is 35.1 Å². The van der Waals surface area contributed by atoms with Gasteiger partial charge >= 0.3 is 0 Å². The van der Waals surface area contributed by atoms with E-state index in [2.05, 4.69) is 22.9 Å². The molecule has 5 heteroatoms. The Morgan fingerprint density at radius 3 is 2.81 bits per heavy atom. The second-order valence-electron chi connectivity index (χ2n) is 4.74. The fraction of sp³-hybridized carbons (Fsp3) is 0.188. The molecule has 0 aliphatic carbocycles. The van der Waals surface area contributed by atoms with Crippen molar-refractivity contribution in [1.82, 2.24) is 0 Å². The van der Waals surface area contributed by atoms with Gasteiger partial charge in [-0.25, -0.2) is 0 Å². The quantitative estimate of drug-likeness (QED) is 0.894. The molecule has 0 saturated carbocycles. The van der Waals surface area contributed by atoms with Gasteiger partial charge in [0.2, 0.25) is 5.78 Å². The summed E-state index contributed by atoms with van der Waals surface area (Å²) in [4.78, 5) is 13.6. The van der Waals surface area contributed by atoms with Gasteiger partial charge in [0.1, 0.15) is 0 Å². The Morgan fingerprint density at radius 1 is 1.33 bits per heavy atom. The van der Waals surface area contributed by atoms with Crippen LogP contribution in [-0.2, 0) is 16.0 Å². The molecule has 1 aliphatic heterocycles. The molecule has 2 heterocycles. The van der Waals surface area contributed by atoms with Crippen molar-refractivity contribution in [1.29, 1.82) is 0 Å². The highest BCUT2D eigenvalue weighted by Crippen LogP contribution is 2.39. The van der Waals surface area contributed by atoms with E-state index < -0.39 is 6.10 Å². The average molecular weight is 364 g/mol. The minimum atomic E-state index is -0.608. The molecule has 21 heavy (non-hydrogen) atoms. The van der Waals surface area contributed by atoms with Crippen LogP contribution in [0.15, 0.2) is 46.1 Å². The molecule has 3 nitrogen and oxygen atoms in total. The van der Waals surface area contributed by atoms with Gasteiger partial charge in [-0.3, -0.25) is 4.79 Å². The summed E-state index contributed by atoms with van der Waals surface area (Å²) < 4.78 is 6.61. The molecular weight excluding hydrogens is 350 g/mol. The molecule has 1 unspecified atom stereocenters. The maximum Gasteiger partial charge on any atom is 0.214 e. The molecule has 2 aromatic rings. The van der Waals surface area contributed by atoms with Crippen LogP contribution in [0.3, 0.4) is 0 Å². The Labute approximate surface area is 135 Å². The highest BCUT2D eigenvalue weighted by Gasteiger charge is 2.37.